The quantitative estimate of drug-likeness (QED) is 0.354. The van der Waals surface area contributed by atoms with Gasteiger partial charge < -0.3 is 13.9 Å². The normalized spacial score (nSPS) is 10.7. The predicted molar refractivity (Wildman–Crippen MR) is 111 cm³/mol. The number of fused-ring (bicyclic) bond motifs is 1. The number of ether oxygens (including phenoxy) is 2. The lowest BCUT2D eigenvalue weighted by molar-refractivity contribution is 0.0921. The Morgan fingerprint density at radius 2 is 1.72 bits per heavy atom. The summed E-state index contributed by atoms with van der Waals surface area (Å²) in [6.07, 6.45) is 0. The molecule has 5 nitrogen and oxygen atoms in total. The first-order valence-electron chi connectivity index (χ1n) is 9.07. The van der Waals surface area contributed by atoms with Crippen LogP contribution in [-0.2, 0) is 0 Å². The third kappa shape index (κ3) is 4.04. The summed E-state index contributed by atoms with van der Waals surface area (Å²) in [5.74, 6) is 0.881. The molecule has 4 rings (SSSR count). The first-order chi connectivity index (χ1) is 14.1. The molecule has 5 heteroatoms. The van der Waals surface area contributed by atoms with Crippen molar-refractivity contribution in [1.82, 2.24) is 0 Å². The van der Waals surface area contributed by atoms with Crippen LogP contribution in [-0.4, -0.2) is 19.5 Å². The van der Waals surface area contributed by atoms with E-state index >= 15 is 0 Å². The van der Waals surface area contributed by atoms with Crippen LogP contribution in [0.15, 0.2) is 88.1 Å². The zero-order valence-electron chi connectivity index (χ0n) is 15.8. The molecule has 0 radical (unpaired) electrons. The highest BCUT2D eigenvalue weighted by molar-refractivity contribution is 5.97. The van der Waals surface area contributed by atoms with Crippen LogP contribution in [0.2, 0.25) is 0 Å². The summed E-state index contributed by atoms with van der Waals surface area (Å²) in [4.78, 5) is 24.7. The minimum absolute atomic E-state index is 0.134. The van der Waals surface area contributed by atoms with Gasteiger partial charge in [0, 0.05) is 17.0 Å². The molecule has 0 saturated heterocycles. The van der Waals surface area contributed by atoms with Crippen LogP contribution in [0.1, 0.15) is 10.4 Å². The molecule has 0 bridgehead atoms. The van der Waals surface area contributed by atoms with E-state index in [1.807, 2.05) is 30.3 Å². The monoisotopic (exact) mass is 386 g/mol. The van der Waals surface area contributed by atoms with Gasteiger partial charge in [-0.1, -0.05) is 42.5 Å². The van der Waals surface area contributed by atoms with E-state index in [0.29, 0.717) is 28.2 Å². The number of hydrogen-bond donors (Lipinski definition) is 0. The van der Waals surface area contributed by atoms with Crippen LogP contribution in [0.3, 0.4) is 0 Å². The molecule has 0 aliphatic carbocycles. The number of hydrogen-bond acceptors (Lipinski definition) is 5. The number of methoxy groups -OCH3 is 1. The summed E-state index contributed by atoms with van der Waals surface area (Å²) in [5, 5.41) is 0.773. The Hall–Kier alpha value is -3.86. The van der Waals surface area contributed by atoms with Crippen molar-refractivity contribution in [2.45, 2.75) is 0 Å². The van der Waals surface area contributed by atoms with Gasteiger partial charge in [-0.05, 0) is 35.9 Å². The van der Waals surface area contributed by atoms with Gasteiger partial charge in [0.25, 0.3) is 0 Å². The van der Waals surface area contributed by atoms with Gasteiger partial charge in [0.1, 0.15) is 17.1 Å². The molecular formula is C24H18O5. The van der Waals surface area contributed by atoms with Crippen LogP contribution < -0.4 is 15.1 Å². The second-order valence-electron chi connectivity index (χ2n) is 6.46. The van der Waals surface area contributed by atoms with Gasteiger partial charge in [-0.15, -0.1) is 0 Å². The number of benzene rings is 3. The molecule has 0 aliphatic heterocycles. The molecule has 144 valence electrons. The fourth-order valence-electron chi connectivity index (χ4n) is 3.03. The van der Waals surface area contributed by atoms with Crippen molar-refractivity contribution >= 4 is 16.8 Å². The Kier molecular flexibility index (Phi) is 5.12. The van der Waals surface area contributed by atoms with Gasteiger partial charge in [-0.2, -0.15) is 0 Å². The second-order valence-corrected chi connectivity index (χ2v) is 6.46. The summed E-state index contributed by atoms with van der Waals surface area (Å²) in [5.41, 5.74) is 1.78. The molecule has 0 atom stereocenters. The number of carbonyl (C=O) groups excluding carboxylic acids is 1. The molecule has 4 aromatic rings. The molecule has 0 amide bonds. The van der Waals surface area contributed by atoms with Gasteiger partial charge in [0.05, 0.1) is 12.7 Å². The minimum atomic E-state index is -0.423. The molecule has 0 N–H and O–H groups in total. The Morgan fingerprint density at radius 3 is 2.52 bits per heavy atom. The van der Waals surface area contributed by atoms with Crippen LogP contribution in [0, 0.1) is 0 Å². The fraction of sp³-hybridized carbons (Fsp3) is 0.0833. The van der Waals surface area contributed by atoms with Gasteiger partial charge in [0.2, 0.25) is 0 Å². The van der Waals surface area contributed by atoms with Gasteiger partial charge >= 0.3 is 5.63 Å². The highest BCUT2D eigenvalue weighted by atomic mass is 16.5. The number of rotatable bonds is 6. The third-order valence-corrected chi connectivity index (χ3v) is 4.55. The number of ketones is 1. The van der Waals surface area contributed by atoms with E-state index < -0.39 is 5.63 Å². The van der Waals surface area contributed by atoms with Gasteiger partial charge in [0.15, 0.2) is 12.4 Å². The van der Waals surface area contributed by atoms with E-state index in [-0.39, 0.29) is 12.4 Å². The Bertz CT molecular complexity index is 1220. The van der Waals surface area contributed by atoms with E-state index in [1.165, 1.54) is 0 Å². The largest absolute Gasteiger partial charge is 0.497 e. The summed E-state index contributed by atoms with van der Waals surface area (Å²) < 4.78 is 16.2. The van der Waals surface area contributed by atoms with Crippen LogP contribution in [0.25, 0.3) is 22.1 Å². The maximum Gasteiger partial charge on any atom is 0.344 e. The zero-order valence-corrected chi connectivity index (χ0v) is 15.8. The van der Waals surface area contributed by atoms with Crippen molar-refractivity contribution in [2.24, 2.45) is 0 Å². The summed E-state index contributed by atoms with van der Waals surface area (Å²) in [7, 11) is 1.55. The van der Waals surface area contributed by atoms with Crippen molar-refractivity contribution in [3.63, 3.8) is 0 Å². The standard InChI is InChI=1S/C24H18O5/c1-27-19-9-5-8-17(12-19)22(25)15-28-20-11-10-18-13-21(16-6-3-2-4-7-16)24(26)29-23(18)14-20/h2-14H,15H2,1H3. The molecule has 3 aromatic carbocycles. The molecule has 29 heavy (non-hydrogen) atoms. The maximum atomic E-state index is 12.4. The first-order valence-corrected chi connectivity index (χ1v) is 9.07. The molecule has 0 fully saturated rings. The lowest BCUT2D eigenvalue weighted by Gasteiger charge is -2.08. The number of Topliss-reactive ketones (excluding diaryl/α,β-unsaturated/α-hetero) is 1. The Morgan fingerprint density at radius 1 is 0.897 bits per heavy atom. The van der Waals surface area contributed by atoms with E-state index in [1.54, 1.807) is 55.6 Å². The van der Waals surface area contributed by atoms with E-state index in [0.717, 1.165) is 10.9 Å². The van der Waals surface area contributed by atoms with Crippen molar-refractivity contribution in [1.29, 1.82) is 0 Å². The molecule has 1 heterocycles. The van der Waals surface area contributed by atoms with Gasteiger partial charge in [-0.25, -0.2) is 4.79 Å². The average molecular weight is 386 g/mol. The minimum Gasteiger partial charge on any atom is -0.497 e. The van der Waals surface area contributed by atoms with Gasteiger partial charge in [-0.3, -0.25) is 4.79 Å². The lowest BCUT2D eigenvalue weighted by Crippen LogP contribution is -2.11. The van der Waals surface area contributed by atoms with Crippen molar-refractivity contribution < 1.29 is 18.7 Å². The first kappa shape index (κ1) is 18.5. The lowest BCUT2D eigenvalue weighted by atomic mass is 10.1. The van der Waals surface area contributed by atoms with E-state index in [9.17, 15) is 9.59 Å². The average Bonchev–Trinajstić information content (AvgIpc) is 2.77. The predicted octanol–water partition coefficient (Wildman–Crippen LogP) is 4.73. The topological polar surface area (TPSA) is 65.7 Å². The molecule has 1 aromatic heterocycles. The summed E-state index contributed by atoms with van der Waals surface area (Å²) in [6.45, 7) is -0.134. The zero-order chi connectivity index (χ0) is 20.2. The molecule has 0 spiro atoms. The smallest absolute Gasteiger partial charge is 0.344 e. The fourth-order valence-corrected chi connectivity index (χ4v) is 3.03. The summed E-state index contributed by atoms with van der Waals surface area (Å²) >= 11 is 0. The number of carbonyl (C=O) groups is 1. The van der Waals surface area contributed by atoms with Crippen LogP contribution >= 0.6 is 0 Å². The van der Waals surface area contributed by atoms with Crippen LogP contribution in [0.5, 0.6) is 11.5 Å². The van der Waals surface area contributed by atoms with Crippen molar-refractivity contribution in [2.75, 3.05) is 13.7 Å². The maximum absolute atomic E-state index is 12.4. The Labute approximate surface area is 167 Å². The molecule has 0 saturated carbocycles. The van der Waals surface area contributed by atoms with Crippen molar-refractivity contribution in [3.8, 4) is 22.6 Å². The third-order valence-electron chi connectivity index (χ3n) is 4.55. The second kappa shape index (κ2) is 8.02. The SMILES string of the molecule is COc1cccc(C(=O)COc2ccc3cc(-c4ccccc4)c(=O)oc3c2)c1. The molecular weight excluding hydrogens is 368 g/mol. The molecule has 0 unspecified atom stereocenters. The van der Waals surface area contributed by atoms with Crippen molar-refractivity contribution in [3.05, 3.63) is 94.8 Å². The van der Waals surface area contributed by atoms with E-state index in [2.05, 4.69) is 0 Å². The Balaban J connectivity index is 1.55. The highest BCUT2D eigenvalue weighted by Gasteiger charge is 2.11. The van der Waals surface area contributed by atoms with Crippen LogP contribution in [0.4, 0.5) is 0 Å². The highest BCUT2D eigenvalue weighted by Crippen LogP contribution is 2.24. The molecule has 0 aliphatic rings. The summed E-state index contributed by atoms with van der Waals surface area (Å²) in [6, 6.07) is 23.2. The van der Waals surface area contributed by atoms with E-state index in [4.69, 9.17) is 13.9 Å².